The number of carbonyl (C=O) groups is 1. The third kappa shape index (κ3) is 3.10. The Morgan fingerprint density at radius 1 is 1.41 bits per heavy atom. The largest absolute Gasteiger partial charge is 0.442 e. The first-order valence-electron chi connectivity index (χ1n) is 6.51. The maximum atomic E-state index is 11.5. The molecule has 2 rings (SSSR count). The maximum Gasteiger partial charge on any atom is 0.410 e. The molecule has 1 amide bonds. The fourth-order valence-electron chi connectivity index (χ4n) is 2.62. The Balaban J connectivity index is 1.76. The molecule has 1 N–H and O–H groups in total. The third-order valence-corrected chi connectivity index (χ3v) is 3.79. The minimum atomic E-state index is -0.321. The fraction of sp³-hybridized carbons (Fsp3) is 0.917. The van der Waals surface area contributed by atoms with E-state index in [1.165, 1.54) is 0 Å². The van der Waals surface area contributed by atoms with Crippen LogP contribution < -0.4 is 0 Å². The van der Waals surface area contributed by atoms with Crippen molar-refractivity contribution < 1.29 is 14.6 Å². The van der Waals surface area contributed by atoms with Crippen LogP contribution in [0.15, 0.2) is 0 Å². The summed E-state index contributed by atoms with van der Waals surface area (Å²) in [6, 6.07) is 0. The molecule has 0 aromatic heterocycles. The topological polar surface area (TPSA) is 53.0 Å². The summed E-state index contributed by atoms with van der Waals surface area (Å²) in [5.41, 5.74) is 0. The molecular weight excluding hydrogens is 220 g/mol. The van der Waals surface area contributed by atoms with Gasteiger partial charge in [-0.3, -0.25) is 0 Å². The van der Waals surface area contributed by atoms with Crippen LogP contribution in [-0.4, -0.2) is 66.4 Å². The van der Waals surface area contributed by atoms with Crippen molar-refractivity contribution in [2.24, 2.45) is 5.92 Å². The van der Waals surface area contributed by atoms with Crippen molar-refractivity contribution in [3.63, 3.8) is 0 Å². The van der Waals surface area contributed by atoms with E-state index in [-0.39, 0.29) is 18.8 Å². The Bertz CT molecular complexity index is 264. The molecular formula is C12H22N2O3. The standard InChI is InChI=1S/C12H22N2O3/c1-2-13-5-3-10(4-6-13)7-14-8-11(9-15)17-12(14)16/h10-11,15H,2-9H2,1H3/t11-/m1/s1. The van der Waals surface area contributed by atoms with Crippen LogP contribution in [0.2, 0.25) is 0 Å². The van der Waals surface area contributed by atoms with Gasteiger partial charge in [0.05, 0.1) is 13.2 Å². The molecule has 2 heterocycles. The summed E-state index contributed by atoms with van der Waals surface area (Å²) in [6.07, 6.45) is 1.73. The Kier molecular flexibility index (Phi) is 4.23. The molecule has 98 valence electrons. The molecule has 0 aliphatic carbocycles. The lowest BCUT2D eigenvalue weighted by atomic mass is 9.96. The molecule has 2 aliphatic heterocycles. The van der Waals surface area contributed by atoms with E-state index in [1.54, 1.807) is 4.90 Å². The van der Waals surface area contributed by atoms with Crippen molar-refractivity contribution in [1.29, 1.82) is 0 Å². The van der Waals surface area contributed by atoms with E-state index in [4.69, 9.17) is 9.84 Å². The van der Waals surface area contributed by atoms with Crippen molar-refractivity contribution in [3.8, 4) is 0 Å². The van der Waals surface area contributed by atoms with Crippen LogP contribution >= 0.6 is 0 Å². The molecule has 0 spiro atoms. The highest BCUT2D eigenvalue weighted by Gasteiger charge is 2.32. The lowest BCUT2D eigenvalue weighted by Crippen LogP contribution is -2.39. The molecule has 0 aromatic rings. The summed E-state index contributed by atoms with van der Waals surface area (Å²) in [4.78, 5) is 15.7. The molecule has 2 saturated heterocycles. The number of cyclic esters (lactones) is 1. The molecule has 2 fully saturated rings. The highest BCUT2D eigenvalue weighted by atomic mass is 16.6. The predicted octanol–water partition coefficient (Wildman–Crippen LogP) is 0.531. The number of hydrogen-bond donors (Lipinski definition) is 1. The Morgan fingerprint density at radius 2 is 2.12 bits per heavy atom. The van der Waals surface area contributed by atoms with E-state index < -0.39 is 0 Å². The molecule has 0 aromatic carbocycles. The SMILES string of the molecule is CCN1CCC(CN2C[C@H](CO)OC2=O)CC1. The summed E-state index contributed by atoms with van der Waals surface area (Å²) < 4.78 is 5.03. The lowest BCUT2D eigenvalue weighted by Gasteiger charge is -2.32. The Morgan fingerprint density at radius 3 is 2.65 bits per heavy atom. The number of piperidine rings is 1. The number of aliphatic hydroxyl groups is 1. The summed E-state index contributed by atoms with van der Waals surface area (Å²) in [6.45, 7) is 6.82. The van der Waals surface area contributed by atoms with Gasteiger partial charge in [-0.15, -0.1) is 0 Å². The van der Waals surface area contributed by atoms with Gasteiger partial charge in [-0.25, -0.2) is 4.79 Å². The van der Waals surface area contributed by atoms with Crippen LogP contribution in [0.5, 0.6) is 0 Å². The van der Waals surface area contributed by atoms with Gasteiger partial charge in [0.1, 0.15) is 6.10 Å². The normalized spacial score (nSPS) is 27.5. The number of ether oxygens (including phenoxy) is 1. The second-order valence-corrected chi connectivity index (χ2v) is 4.97. The summed E-state index contributed by atoms with van der Waals surface area (Å²) in [7, 11) is 0. The van der Waals surface area contributed by atoms with E-state index in [2.05, 4.69) is 11.8 Å². The van der Waals surface area contributed by atoms with Gasteiger partial charge in [-0.05, 0) is 38.4 Å². The summed E-state index contributed by atoms with van der Waals surface area (Å²) >= 11 is 0. The first-order chi connectivity index (χ1) is 8.22. The van der Waals surface area contributed by atoms with Gasteiger partial charge >= 0.3 is 6.09 Å². The molecule has 5 heteroatoms. The van der Waals surface area contributed by atoms with E-state index in [0.717, 1.165) is 39.0 Å². The van der Waals surface area contributed by atoms with Crippen LogP contribution in [-0.2, 0) is 4.74 Å². The molecule has 0 radical (unpaired) electrons. The van der Waals surface area contributed by atoms with E-state index in [9.17, 15) is 4.79 Å². The Hall–Kier alpha value is -0.810. The quantitative estimate of drug-likeness (QED) is 0.781. The van der Waals surface area contributed by atoms with Gasteiger partial charge in [-0.1, -0.05) is 6.92 Å². The molecule has 2 aliphatic rings. The minimum Gasteiger partial charge on any atom is -0.442 e. The fourth-order valence-corrected chi connectivity index (χ4v) is 2.62. The minimum absolute atomic E-state index is 0.0729. The number of carbonyl (C=O) groups excluding carboxylic acids is 1. The van der Waals surface area contributed by atoms with E-state index in [0.29, 0.717) is 12.5 Å². The monoisotopic (exact) mass is 242 g/mol. The summed E-state index contributed by atoms with van der Waals surface area (Å²) in [5, 5.41) is 8.96. The van der Waals surface area contributed by atoms with Crippen LogP contribution in [0.3, 0.4) is 0 Å². The molecule has 0 saturated carbocycles. The average molecular weight is 242 g/mol. The predicted molar refractivity (Wildman–Crippen MR) is 63.8 cm³/mol. The number of amides is 1. The first-order valence-corrected chi connectivity index (χ1v) is 6.51. The number of hydrogen-bond acceptors (Lipinski definition) is 4. The van der Waals surface area contributed by atoms with Crippen LogP contribution in [0.1, 0.15) is 19.8 Å². The van der Waals surface area contributed by atoms with E-state index in [1.807, 2.05) is 0 Å². The van der Waals surface area contributed by atoms with Crippen LogP contribution in [0.25, 0.3) is 0 Å². The number of rotatable bonds is 4. The van der Waals surface area contributed by atoms with Crippen molar-refractivity contribution in [2.45, 2.75) is 25.9 Å². The van der Waals surface area contributed by atoms with Gasteiger partial charge in [0.2, 0.25) is 0 Å². The average Bonchev–Trinajstić information content (AvgIpc) is 2.71. The van der Waals surface area contributed by atoms with Gasteiger partial charge in [0.15, 0.2) is 0 Å². The molecule has 1 atom stereocenters. The highest BCUT2D eigenvalue weighted by Crippen LogP contribution is 2.21. The molecule has 0 unspecified atom stereocenters. The first kappa shape index (κ1) is 12.6. The number of aliphatic hydroxyl groups excluding tert-OH is 1. The zero-order valence-electron chi connectivity index (χ0n) is 10.5. The van der Waals surface area contributed by atoms with E-state index >= 15 is 0 Å². The van der Waals surface area contributed by atoms with Gasteiger partial charge in [0, 0.05) is 6.54 Å². The van der Waals surface area contributed by atoms with Gasteiger partial charge < -0.3 is 19.6 Å². The van der Waals surface area contributed by atoms with Crippen LogP contribution in [0.4, 0.5) is 4.79 Å². The van der Waals surface area contributed by atoms with Crippen molar-refractivity contribution in [2.75, 3.05) is 39.3 Å². The number of likely N-dealkylation sites (tertiary alicyclic amines) is 1. The zero-order valence-corrected chi connectivity index (χ0v) is 10.5. The zero-order chi connectivity index (χ0) is 12.3. The molecule has 17 heavy (non-hydrogen) atoms. The second kappa shape index (κ2) is 5.69. The maximum absolute atomic E-state index is 11.5. The van der Waals surface area contributed by atoms with Crippen molar-refractivity contribution in [1.82, 2.24) is 9.80 Å². The van der Waals surface area contributed by atoms with Crippen LogP contribution in [0, 0.1) is 5.92 Å². The van der Waals surface area contributed by atoms with Gasteiger partial charge in [-0.2, -0.15) is 0 Å². The number of nitrogens with zero attached hydrogens (tertiary/aromatic N) is 2. The smallest absolute Gasteiger partial charge is 0.410 e. The Labute approximate surface area is 102 Å². The van der Waals surface area contributed by atoms with Crippen molar-refractivity contribution >= 4 is 6.09 Å². The third-order valence-electron chi connectivity index (χ3n) is 3.79. The second-order valence-electron chi connectivity index (χ2n) is 4.97. The molecule has 5 nitrogen and oxygen atoms in total. The van der Waals surface area contributed by atoms with Gasteiger partial charge in [0.25, 0.3) is 0 Å². The lowest BCUT2D eigenvalue weighted by molar-refractivity contribution is 0.0940. The summed E-state index contributed by atoms with van der Waals surface area (Å²) in [5.74, 6) is 0.586. The molecule has 0 bridgehead atoms. The highest BCUT2D eigenvalue weighted by molar-refractivity contribution is 5.69. The van der Waals surface area contributed by atoms with Crippen molar-refractivity contribution in [3.05, 3.63) is 0 Å².